The van der Waals surface area contributed by atoms with Gasteiger partial charge in [-0.3, -0.25) is 4.90 Å². The van der Waals surface area contributed by atoms with Crippen LogP contribution in [0.25, 0.3) is 0 Å². The molecule has 1 saturated carbocycles. The minimum atomic E-state index is -4.09. The summed E-state index contributed by atoms with van der Waals surface area (Å²) in [5, 5.41) is 3.42. The zero-order valence-corrected chi connectivity index (χ0v) is 10.8. The summed E-state index contributed by atoms with van der Waals surface area (Å²) in [5.41, 5.74) is -4.09. The Kier molecular flexibility index (Phi) is 4.26. The van der Waals surface area contributed by atoms with Gasteiger partial charge in [-0.25, -0.2) is 0 Å². The highest BCUT2D eigenvalue weighted by atomic mass is 32.2. The van der Waals surface area contributed by atoms with E-state index in [1.54, 1.807) is 0 Å². The monoisotopic (exact) mass is 268 g/mol. The first-order valence-corrected chi connectivity index (χ1v) is 7.12. The van der Waals surface area contributed by atoms with Gasteiger partial charge < -0.3 is 5.32 Å². The van der Waals surface area contributed by atoms with Crippen LogP contribution in [0.4, 0.5) is 13.2 Å². The number of nitrogens with one attached hydrogen (secondary N) is 1. The van der Waals surface area contributed by atoms with Gasteiger partial charge in [0.15, 0.2) is 0 Å². The van der Waals surface area contributed by atoms with Crippen molar-refractivity contribution in [3.05, 3.63) is 0 Å². The van der Waals surface area contributed by atoms with Crippen LogP contribution in [0.15, 0.2) is 0 Å². The second kappa shape index (κ2) is 5.36. The molecule has 1 saturated heterocycles. The van der Waals surface area contributed by atoms with E-state index in [2.05, 4.69) is 17.1 Å². The van der Waals surface area contributed by atoms with Crippen molar-refractivity contribution < 1.29 is 13.2 Å². The Labute approximate surface area is 104 Å². The Morgan fingerprint density at radius 1 is 1.35 bits per heavy atom. The maximum Gasteiger partial charge on any atom is 0.441 e. The van der Waals surface area contributed by atoms with Crippen molar-refractivity contribution in [1.82, 2.24) is 10.2 Å². The van der Waals surface area contributed by atoms with Gasteiger partial charge in [0.05, 0.1) is 0 Å². The fraction of sp³-hybridized carbons (Fsp3) is 1.00. The van der Waals surface area contributed by atoms with Crippen LogP contribution in [0, 0.1) is 5.92 Å². The minimum absolute atomic E-state index is 0.101. The maximum atomic E-state index is 12.1. The summed E-state index contributed by atoms with van der Waals surface area (Å²) in [6, 6.07) is 0.848. The molecule has 2 rings (SSSR count). The lowest BCUT2D eigenvalue weighted by atomic mass is 10.1. The first-order valence-electron chi connectivity index (χ1n) is 6.14. The van der Waals surface area contributed by atoms with Gasteiger partial charge in [0.1, 0.15) is 0 Å². The molecule has 0 bridgehead atoms. The molecule has 6 heteroatoms. The lowest BCUT2D eigenvalue weighted by Gasteiger charge is -2.39. The van der Waals surface area contributed by atoms with Crippen LogP contribution in [0.3, 0.4) is 0 Å². The number of alkyl halides is 3. The molecule has 2 aliphatic rings. The predicted molar refractivity (Wildman–Crippen MR) is 64.1 cm³/mol. The molecule has 2 nitrogen and oxygen atoms in total. The number of halogens is 3. The Balaban J connectivity index is 1.78. The van der Waals surface area contributed by atoms with E-state index in [0.717, 1.165) is 13.1 Å². The van der Waals surface area contributed by atoms with E-state index >= 15 is 0 Å². The molecular formula is C11H19F3N2S. The summed E-state index contributed by atoms with van der Waals surface area (Å²) in [5.74, 6) is 0.866. The van der Waals surface area contributed by atoms with Crippen molar-refractivity contribution >= 4 is 11.8 Å². The second-order valence-electron chi connectivity index (χ2n) is 5.00. The van der Waals surface area contributed by atoms with Crippen molar-refractivity contribution in [2.24, 2.45) is 5.92 Å². The molecule has 0 aromatic carbocycles. The quantitative estimate of drug-likeness (QED) is 0.842. The third-order valence-electron chi connectivity index (χ3n) is 3.46. The first-order chi connectivity index (χ1) is 7.96. The van der Waals surface area contributed by atoms with Gasteiger partial charge in [0.25, 0.3) is 0 Å². The van der Waals surface area contributed by atoms with Crippen LogP contribution in [-0.2, 0) is 0 Å². The number of thioether (sulfide) groups is 1. The van der Waals surface area contributed by atoms with E-state index in [1.165, 1.54) is 12.8 Å². The summed E-state index contributed by atoms with van der Waals surface area (Å²) in [4.78, 5) is 2.25. The minimum Gasteiger partial charge on any atom is -0.311 e. The predicted octanol–water partition coefficient (Wildman–Crippen LogP) is 2.31. The van der Waals surface area contributed by atoms with Crippen molar-refractivity contribution in [2.75, 3.05) is 25.4 Å². The Morgan fingerprint density at radius 2 is 2.06 bits per heavy atom. The van der Waals surface area contributed by atoms with Crippen LogP contribution < -0.4 is 5.32 Å². The van der Waals surface area contributed by atoms with Crippen LogP contribution in [0.5, 0.6) is 0 Å². The molecule has 0 radical (unpaired) electrons. The lowest BCUT2D eigenvalue weighted by Crippen LogP contribution is -2.56. The molecule has 1 aliphatic heterocycles. The summed E-state index contributed by atoms with van der Waals surface area (Å²) in [6.45, 7) is 4.45. The van der Waals surface area contributed by atoms with Gasteiger partial charge in [-0.05, 0) is 37.4 Å². The molecule has 1 heterocycles. The van der Waals surface area contributed by atoms with Gasteiger partial charge in [0.2, 0.25) is 0 Å². The van der Waals surface area contributed by atoms with Crippen molar-refractivity contribution in [1.29, 1.82) is 0 Å². The summed E-state index contributed by atoms with van der Waals surface area (Å²) in [7, 11) is 0. The zero-order valence-electron chi connectivity index (χ0n) is 9.96. The molecule has 1 N–H and O–H groups in total. The number of hydrogen-bond donors (Lipinski definition) is 1. The van der Waals surface area contributed by atoms with Crippen LogP contribution in [0.1, 0.15) is 19.8 Å². The molecular weight excluding hydrogens is 249 g/mol. The molecule has 0 spiro atoms. The standard InChI is InChI=1S/C11H19F3N2S/c1-8-7-16(4-5-17-11(12,13)14)10(6-15-8)9-2-3-9/h8-10,15H,2-7H2,1H3. The Hall–Kier alpha value is 0.0600. The van der Waals surface area contributed by atoms with Gasteiger partial charge in [-0.2, -0.15) is 13.2 Å². The molecule has 0 aromatic rings. The van der Waals surface area contributed by atoms with Gasteiger partial charge >= 0.3 is 5.51 Å². The highest BCUT2D eigenvalue weighted by Crippen LogP contribution is 2.37. The topological polar surface area (TPSA) is 15.3 Å². The normalized spacial score (nSPS) is 31.8. The summed E-state index contributed by atoms with van der Waals surface area (Å²) in [6.07, 6.45) is 2.48. The van der Waals surface area contributed by atoms with Crippen molar-refractivity contribution in [3.63, 3.8) is 0 Å². The van der Waals surface area contributed by atoms with E-state index in [1.807, 2.05) is 0 Å². The molecule has 0 aromatic heterocycles. The summed E-state index contributed by atoms with van der Waals surface area (Å²) < 4.78 is 36.3. The number of piperazine rings is 1. The number of rotatable bonds is 4. The average molecular weight is 268 g/mol. The highest BCUT2D eigenvalue weighted by Gasteiger charge is 2.38. The average Bonchev–Trinajstić information content (AvgIpc) is 2.99. The van der Waals surface area contributed by atoms with E-state index < -0.39 is 5.51 Å². The smallest absolute Gasteiger partial charge is 0.311 e. The van der Waals surface area contributed by atoms with E-state index in [0.29, 0.717) is 24.5 Å². The maximum absolute atomic E-state index is 12.1. The van der Waals surface area contributed by atoms with Crippen molar-refractivity contribution in [3.8, 4) is 0 Å². The molecule has 17 heavy (non-hydrogen) atoms. The van der Waals surface area contributed by atoms with E-state index in [4.69, 9.17) is 0 Å². The molecule has 100 valence electrons. The van der Waals surface area contributed by atoms with E-state index in [-0.39, 0.29) is 17.5 Å². The summed E-state index contributed by atoms with van der Waals surface area (Å²) >= 11 is 0.101. The van der Waals surface area contributed by atoms with Crippen LogP contribution in [-0.4, -0.2) is 47.9 Å². The van der Waals surface area contributed by atoms with Gasteiger partial charge in [0, 0.05) is 37.5 Å². The van der Waals surface area contributed by atoms with E-state index in [9.17, 15) is 13.2 Å². The fourth-order valence-corrected chi connectivity index (χ4v) is 3.04. The highest BCUT2D eigenvalue weighted by molar-refractivity contribution is 8.00. The van der Waals surface area contributed by atoms with Crippen LogP contribution in [0.2, 0.25) is 0 Å². The number of nitrogens with zero attached hydrogens (tertiary/aromatic N) is 1. The molecule has 2 fully saturated rings. The van der Waals surface area contributed by atoms with Crippen molar-refractivity contribution in [2.45, 2.75) is 37.4 Å². The van der Waals surface area contributed by atoms with Crippen LogP contribution >= 0.6 is 11.8 Å². The third-order valence-corrected chi connectivity index (χ3v) is 4.18. The second-order valence-corrected chi connectivity index (χ2v) is 6.16. The lowest BCUT2D eigenvalue weighted by molar-refractivity contribution is -0.0329. The first kappa shape index (κ1) is 13.5. The largest absolute Gasteiger partial charge is 0.441 e. The molecule has 2 unspecified atom stereocenters. The third kappa shape index (κ3) is 4.34. The fourth-order valence-electron chi connectivity index (χ4n) is 2.48. The zero-order chi connectivity index (χ0) is 12.5. The van der Waals surface area contributed by atoms with Gasteiger partial charge in [-0.15, -0.1) is 0 Å². The Morgan fingerprint density at radius 3 is 2.65 bits per heavy atom. The van der Waals surface area contributed by atoms with Gasteiger partial charge in [-0.1, -0.05) is 0 Å². The molecule has 0 amide bonds. The Bertz CT molecular complexity index is 256. The number of hydrogen-bond acceptors (Lipinski definition) is 3. The SMILES string of the molecule is CC1CN(CCSC(F)(F)F)C(C2CC2)CN1. The molecule has 1 aliphatic carbocycles. The molecule has 2 atom stereocenters.